The van der Waals surface area contributed by atoms with Crippen molar-refractivity contribution >= 4 is 26.6 Å². The molecule has 0 aliphatic carbocycles. The smallest absolute Gasteiger partial charge is 0.263 e. The molecule has 1 heterocycles. The quantitative estimate of drug-likeness (QED) is 0.568. The van der Waals surface area contributed by atoms with Crippen LogP contribution in [-0.4, -0.2) is 18.2 Å². The summed E-state index contributed by atoms with van der Waals surface area (Å²) >= 11 is 0. The number of rotatable bonds is 5. The maximum absolute atomic E-state index is 13.0. The van der Waals surface area contributed by atoms with Crippen molar-refractivity contribution in [2.24, 2.45) is 0 Å². The molecule has 1 aromatic heterocycles. The van der Waals surface area contributed by atoms with Gasteiger partial charge in [0.1, 0.15) is 5.82 Å². The second-order valence-corrected chi connectivity index (χ2v) is 7.82. The summed E-state index contributed by atoms with van der Waals surface area (Å²) < 4.78 is 42.4. The van der Waals surface area contributed by atoms with E-state index in [1.165, 1.54) is 12.1 Å². The highest BCUT2D eigenvalue weighted by atomic mass is 32.2. The molecule has 0 bridgehead atoms. The molecule has 1 N–H and O–H groups in total. The van der Waals surface area contributed by atoms with Gasteiger partial charge < -0.3 is 0 Å². The Hall–Kier alpha value is -3.19. The highest BCUT2D eigenvalue weighted by molar-refractivity contribution is 7.92. The monoisotopic (exact) mass is 381 g/mol. The van der Waals surface area contributed by atoms with Crippen molar-refractivity contribution in [3.8, 4) is 0 Å². The van der Waals surface area contributed by atoms with Crippen molar-refractivity contribution in [2.75, 3.05) is 4.72 Å². The lowest BCUT2D eigenvalue weighted by Gasteiger charge is -2.07. The molecule has 0 aliphatic rings. The van der Waals surface area contributed by atoms with Crippen LogP contribution in [0.3, 0.4) is 0 Å². The summed E-state index contributed by atoms with van der Waals surface area (Å²) in [6.07, 6.45) is 1.67. The number of nitrogens with zero attached hydrogens (tertiary/aromatic N) is 2. The fourth-order valence-corrected chi connectivity index (χ4v) is 3.84. The molecule has 0 fully saturated rings. The number of aromatic nitrogens is 2. The van der Waals surface area contributed by atoms with E-state index in [9.17, 15) is 12.8 Å². The van der Waals surface area contributed by atoms with Crippen LogP contribution in [0.5, 0.6) is 0 Å². The molecule has 27 heavy (non-hydrogen) atoms. The van der Waals surface area contributed by atoms with Gasteiger partial charge in [-0.2, -0.15) is 5.10 Å². The zero-order chi connectivity index (χ0) is 18.9. The van der Waals surface area contributed by atoms with Gasteiger partial charge >= 0.3 is 0 Å². The van der Waals surface area contributed by atoms with E-state index in [1.54, 1.807) is 47.3 Å². The zero-order valence-electron chi connectivity index (χ0n) is 14.2. The molecule has 0 saturated heterocycles. The molecule has 0 spiro atoms. The Bertz CT molecular complexity index is 1200. The van der Waals surface area contributed by atoms with Crippen molar-refractivity contribution in [1.29, 1.82) is 0 Å². The van der Waals surface area contributed by atoms with E-state index in [2.05, 4.69) is 9.82 Å². The number of halogens is 1. The van der Waals surface area contributed by atoms with Crippen LogP contribution in [0.1, 0.15) is 5.56 Å². The second-order valence-electron chi connectivity index (χ2n) is 6.14. The van der Waals surface area contributed by atoms with Gasteiger partial charge in [-0.25, -0.2) is 12.8 Å². The summed E-state index contributed by atoms with van der Waals surface area (Å²) in [5.74, 6) is -0.0756. The lowest BCUT2D eigenvalue weighted by Crippen LogP contribution is -2.13. The summed E-state index contributed by atoms with van der Waals surface area (Å²) in [5, 5.41) is 6.06. The van der Waals surface area contributed by atoms with Gasteiger partial charge in [-0.3, -0.25) is 9.40 Å². The fourth-order valence-electron chi connectivity index (χ4n) is 2.81. The van der Waals surface area contributed by atoms with Gasteiger partial charge in [0.05, 0.1) is 11.4 Å². The van der Waals surface area contributed by atoms with Crippen LogP contribution in [0.15, 0.2) is 83.9 Å². The van der Waals surface area contributed by atoms with E-state index in [0.29, 0.717) is 6.54 Å². The fraction of sp³-hybridized carbons (Fsp3) is 0.0500. The van der Waals surface area contributed by atoms with Gasteiger partial charge in [0.25, 0.3) is 10.0 Å². The summed E-state index contributed by atoms with van der Waals surface area (Å²) in [7, 11) is -3.75. The molecule has 0 saturated carbocycles. The predicted octanol–water partition coefficient (Wildman–Crippen LogP) is 4.02. The van der Waals surface area contributed by atoms with Crippen molar-refractivity contribution in [3.05, 3.63) is 90.4 Å². The van der Waals surface area contributed by atoms with Crippen molar-refractivity contribution < 1.29 is 12.8 Å². The highest BCUT2D eigenvalue weighted by Crippen LogP contribution is 2.21. The van der Waals surface area contributed by atoms with Crippen molar-refractivity contribution in [3.63, 3.8) is 0 Å². The molecule has 0 amide bonds. The second kappa shape index (κ2) is 6.85. The van der Waals surface area contributed by atoms with E-state index in [-0.39, 0.29) is 16.5 Å². The van der Waals surface area contributed by atoms with Crippen LogP contribution in [0.4, 0.5) is 10.2 Å². The molecule has 4 aromatic rings. The molecule has 0 aliphatic heterocycles. The molecule has 0 atom stereocenters. The lowest BCUT2D eigenvalue weighted by atomic mass is 10.1. The largest absolute Gasteiger partial charge is 0.266 e. The maximum atomic E-state index is 13.0. The Morgan fingerprint density at radius 3 is 2.44 bits per heavy atom. The average Bonchev–Trinajstić information content (AvgIpc) is 3.09. The Morgan fingerprint density at radius 1 is 0.926 bits per heavy atom. The Morgan fingerprint density at radius 2 is 1.67 bits per heavy atom. The first kappa shape index (κ1) is 17.2. The standard InChI is InChI=1S/C20H16FN3O2S/c21-18-8-5-15(6-9-18)14-24-12-11-20(22-24)23-27(25,26)19-10-7-16-3-1-2-4-17(16)13-19/h1-13H,14H2,(H,22,23). The van der Waals surface area contributed by atoms with Gasteiger partial charge in [-0.15, -0.1) is 0 Å². The van der Waals surface area contributed by atoms with E-state index >= 15 is 0 Å². The number of hydrogen-bond donors (Lipinski definition) is 1. The van der Waals surface area contributed by atoms with Crippen LogP contribution in [-0.2, 0) is 16.6 Å². The van der Waals surface area contributed by atoms with Crippen LogP contribution < -0.4 is 4.72 Å². The summed E-state index contributed by atoms with van der Waals surface area (Å²) in [6, 6.07) is 20.2. The Labute approximate surface area is 156 Å². The third kappa shape index (κ3) is 3.83. The first-order valence-electron chi connectivity index (χ1n) is 8.29. The topological polar surface area (TPSA) is 64.0 Å². The van der Waals surface area contributed by atoms with Gasteiger partial charge in [-0.1, -0.05) is 42.5 Å². The Kier molecular flexibility index (Phi) is 4.37. The molecular weight excluding hydrogens is 365 g/mol. The van der Waals surface area contributed by atoms with Crippen LogP contribution in [0.25, 0.3) is 10.8 Å². The highest BCUT2D eigenvalue weighted by Gasteiger charge is 2.16. The predicted molar refractivity (Wildman–Crippen MR) is 102 cm³/mol. The van der Waals surface area contributed by atoms with E-state index < -0.39 is 10.0 Å². The number of nitrogens with one attached hydrogen (secondary N) is 1. The minimum Gasteiger partial charge on any atom is -0.266 e. The molecule has 3 aromatic carbocycles. The van der Waals surface area contributed by atoms with Gasteiger partial charge in [0.2, 0.25) is 0 Å². The average molecular weight is 381 g/mol. The minimum absolute atomic E-state index is 0.175. The third-order valence-electron chi connectivity index (χ3n) is 4.17. The third-order valence-corrected chi connectivity index (χ3v) is 5.52. The number of fused-ring (bicyclic) bond motifs is 1. The first-order valence-corrected chi connectivity index (χ1v) is 9.77. The molecule has 0 unspecified atom stereocenters. The van der Waals surface area contributed by atoms with Crippen molar-refractivity contribution in [1.82, 2.24) is 9.78 Å². The Balaban J connectivity index is 1.53. The summed E-state index contributed by atoms with van der Waals surface area (Å²) in [6.45, 7) is 0.415. The van der Waals surface area contributed by atoms with Gasteiger partial charge in [0.15, 0.2) is 5.82 Å². The number of sulfonamides is 1. The van der Waals surface area contributed by atoms with Gasteiger partial charge in [0, 0.05) is 12.3 Å². The minimum atomic E-state index is -3.75. The van der Waals surface area contributed by atoms with Crippen LogP contribution >= 0.6 is 0 Å². The molecule has 0 radical (unpaired) electrons. The number of benzene rings is 3. The molecule has 7 heteroatoms. The van der Waals surface area contributed by atoms with Crippen LogP contribution in [0, 0.1) is 5.82 Å². The SMILES string of the molecule is O=S(=O)(Nc1ccn(Cc2ccc(F)cc2)n1)c1ccc2ccccc2c1. The first-order chi connectivity index (χ1) is 13.0. The normalized spacial score (nSPS) is 11.6. The van der Waals surface area contributed by atoms with Crippen molar-refractivity contribution in [2.45, 2.75) is 11.4 Å². The molecule has 4 rings (SSSR count). The van der Waals surface area contributed by atoms with Crippen LogP contribution in [0.2, 0.25) is 0 Å². The number of hydrogen-bond acceptors (Lipinski definition) is 3. The lowest BCUT2D eigenvalue weighted by molar-refractivity contribution is 0.600. The molecule has 5 nitrogen and oxygen atoms in total. The maximum Gasteiger partial charge on any atom is 0.263 e. The molecular formula is C20H16FN3O2S. The van der Waals surface area contributed by atoms with E-state index in [0.717, 1.165) is 16.3 Å². The summed E-state index contributed by atoms with van der Waals surface area (Å²) in [5.41, 5.74) is 0.864. The number of anilines is 1. The summed E-state index contributed by atoms with van der Waals surface area (Å²) in [4.78, 5) is 0.175. The van der Waals surface area contributed by atoms with E-state index in [1.807, 2.05) is 24.3 Å². The molecule has 136 valence electrons. The zero-order valence-corrected chi connectivity index (χ0v) is 15.0. The van der Waals surface area contributed by atoms with E-state index in [4.69, 9.17) is 0 Å². The van der Waals surface area contributed by atoms with Gasteiger partial charge in [-0.05, 0) is 40.6 Å².